The summed E-state index contributed by atoms with van der Waals surface area (Å²) in [5, 5.41) is 6.44. The molecule has 2 unspecified atom stereocenters. The van der Waals surface area contributed by atoms with E-state index in [0.717, 1.165) is 23.1 Å². The molecule has 4 heteroatoms. The number of halogens is 1. The first-order valence-electron chi connectivity index (χ1n) is 6.69. The Morgan fingerprint density at radius 1 is 1.32 bits per heavy atom. The van der Waals surface area contributed by atoms with Crippen molar-refractivity contribution in [2.75, 3.05) is 13.1 Å². The summed E-state index contributed by atoms with van der Waals surface area (Å²) in [5.74, 6) is 0.626. The van der Waals surface area contributed by atoms with Gasteiger partial charge in [0, 0.05) is 11.0 Å². The van der Waals surface area contributed by atoms with E-state index in [-0.39, 0.29) is 17.4 Å². The van der Waals surface area contributed by atoms with Crippen LogP contribution in [0.3, 0.4) is 0 Å². The maximum atomic E-state index is 12.4. The molecule has 0 aromatic heterocycles. The van der Waals surface area contributed by atoms with Crippen LogP contribution in [-0.4, -0.2) is 19.0 Å². The number of amides is 1. The highest BCUT2D eigenvalue weighted by Gasteiger charge is 2.33. The fourth-order valence-electron chi connectivity index (χ4n) is 2.50. The molecule has 1 saturated heterocycles. The summed E-state index contributed by atoms with van der Waals surface area (Å²) in [6.45, 7) is 7.92. The van der Waals surface area contributed by atoms with Crippen LogP contribution >= 0.6 is 15.9 Å². The molecule has 0 saturated carbocycles. The van der Waals surface area contributed by atoms with Gasteiger partial charge >= 0.3 is 0 Å². The van der Waals surface area contributed by atoms with Crippen LogP contribution in [0.25, 0.3) is 0 Å². The fourth-order valence-corrected chi connectivity index (χ4v) is 2.76. The highest BCUT2D eigenvalue weighted by atomic mass is 79.9. The van der Waals surface area contributed by atoms with E-state index in [1.807, 2.05) is 38.1 Å². The van der Waals surface area contributed by atoms with E-state index in [1.54, 1.807) is 0 Å². The molecule has 2 N–H and O–H groups in total. The first-order chi connectivity index (χ1) is 8.90. The smallest absolute Gasteiger partial charge is 0.225 e. The number of nitrogens with one attached hydrogen (secondary N) is 2. The van der Waals surface area contributed by atoms with Crippen LogP contribution in [0.2, 0.25) is 0 Å². The number of benzene rings is 1. The molecule has 104 valence electrons. The van der Waals surface area contributed by atoms with E-state index in [1.165, 1.54) is 0 Å². The van der Waals surface area contributed by atoms with Gasteiger partial charge in [-0.15, -0.1) is 0 Å². The molecule has 1 heterocycles. The Morgan fingerprint density at radius 2 is 1.95 bits per heavy atom. The average molecular weight is 325 g/mol. The van der Waals surface area contributed by atoms with Gasteiger partial charge in [0.1, 0.15) is 0 Å². The minimum Gasteiger partial charge on any atom is -0.347 e. The minimum atomic E-state index is -0.347. The summed E-state index contributed by atoms with van der Waals surface area (Å²) in [7, 11) is 0. The van der Waals surface area contributed by atoms with Crippen molar-refractivity contribution in [1.29, 1.82) is 0 Å². The zero-order chi connectivity index (χ0) is 14.0. The zero-order valence-corrected chi connectivity index (χ0v) is 13.3. The van der Waals surface area contributed by atoms with E-state index in [4.69, 9.17) is 0 Å². The Labute approximate surface area is 123 Å². The van der Waals surface area contributed by atoms with Gasteiger partial charge in [0.15, 0.2) is 0 Å². The highest BCUT2D eigenvalue weighted by Crippen LogP contribution is 2.24. The Bertz CT molecular complexity index is 456. The molecule has 1 amide bonds. The number of carbonyl (C=O) groups excluding carboxylic acids is 1. The predicted molar refractivity (Wildman–Crippen MR) is 80.8 cm³/mol. The van der Waals surface area contributed by atoms with Gasteiger partial charge in [-0.2, -0.15) is 0 Å². The van der Waals surface area contributed by atoms with Crippen molar-refractivity contribution in [1.82, 2.24) is 10.6 Å². The lowest BCUT2D eigenvalue weighted by molar-refractivity contribution is -0.127. The summed E-state index contributed by atoms with van der Waals surface area (Å²) in [5.41, 5.74) is 0.766. The van der Waals surface area contributed by atoms with E-state index in [2.05, 4.69) is 33.5 Å². The molecular formula is C15H21BrN2O. The van der Waals surface area contributed by atoms with E-state index in [0.29, 0.717) is 5.92 Å². The summed E-state index contributed by atoms with van der Waals surface area (Å²) < 4.78 is 1.05. The standard InChI is InChI=1S/C15H21BrN2O/c1-10-8-17-9-13(10)14(19)18-15(2,3)11-4-6-12(16)7-5-11/h4-7,10,13,17H,8-9H2,1-3H3,(H,18,19). The van der Waals surface area contributed by atoms with Crippen LogP contribution in [0.4, 0.5) is 0 Å². The lowest BCUT2D eigenvalue weighted by atomic mass is 9.91. The van der Waals surface area contributed by atoms with Gasteiger partial charge in [0.05, 0.1) is 11.5 Å². The fraction of sp³-hybridized carbons (Fsp3) is 0.533. The third kappa shape index (κ3) is 3.37. The van der Waals surface area contributed by atoms with Gasteiger partial charge in [-0.3, -0.25) is 4.79 Å². The normalized spacial score (nSPS) is 23.4. The molecule has 0 radical (unpaired) electrons. The topological polar surface area (TPSA) is 41.1 Å². The molecule has 1 aromatic carbocycles. The second-order valence-corrected chi connectivity index (χ2v) is 6.78. The van der Waals surface area contributed by atoms with Crippen LogP contribution in [0.15, 0.2) is 28.7 Å². The van der Waals surface area contributed by atoms with Crippen molar-refractivity contribution in [2.45, 2.75) is 26.3 Å². The molecule has 0 spiro atoms. The maximum absolute atomic E-state index is 12.4. The lowest BCUT2D eigenvalue weighted by Crippen LogP contribution is -2.45. The minimum absolute atomic E-state index is 0.0784. The zero-order valence-electron chi connectivity index (χ0n) is 11.7. The van der Waals surface area contributed by atoms with Crippen molar-refractivity contribution in [3.63, 3.8) is 0 Å². The SMILES string of the molecule is CC1CNCC1C(=O)NC(C)(C)c1ccc(Br)cc1. The molecule has 2 rings (SSSR count). The first kappa shape index (κ1) is 14.5. The Kier molecular flexibility index (Phi) is 4.31. The molecule has 0 bridgehead atoms. The van der Waals surface area contributed by atoms with Gasteiger partial charge in [-0.25, -0.2) is 0 Å². The second kappa shape index (κ2) is 5.63. The lowest BCUT2D eigenvalue weighted by Gasteiger charge is -2.29. The largest absolute Gasteiger partial charge is 0.347 e. The Hall–Kier alpha value is -0.870. The monoisotopic (exact) mass is 324 g/mol. The number of rotatable bonds is 3. The van der Waals surface area contributed by atoms with Crippen LogP contribution in [0, 0.1) is 11.8 Å². The quantitative estimate of drug-likeness (QED) is 0.897. The van der Waals surface area contributed by atoms with Gasteiger partial charge < -0.3 is 10.6 Å². The predicted octanol–water partition coefficient (Wildman–Crippen LogP) is 2.66. The van der Waals surface area contributed by atoms with Crippen LogP contribution in [0.1, 0.15) is 26.3 Å². The maximum Gasteiger partial charge on any atom is 0.225 e. The Balaban J connectivity index is 2.08. The summed E-state index contributed by atoms with van der Waals surface area (Å²) in [6.07, 6.45) is 0. The third-order valence-corrected chi connectivity index (χ3v) is 4.38. The molecule has 1 aliphatic rings. The van der Waals surface area contributed by atoms with Crippen LogP contribution < -0.4 is 10.6 Å². The van der Waals surface area contributed by atoms with E-state index < -0.39 is 0 Å². The molecule has 2 atom stereocenters. The van der Waals surface area contributed by atoms with Gasteiger partial charge in [0.2, 0.25) is 5.91 Å². The molecule has 0 aliphatic carbocycles. The second-order valence-electron chi connectivity index (χ2n) is 5.86. The van der Waals surface area contributed by atoms with Gasteiger partial charge in [-0.05, 0) is 44.0 Å². The molecule has 19 heavy (non-hydrogen) atoms. The molecule has 1 aliphatic heterocycles. The molecular weight excluding hydrogens is 304 g/mol. The van der Waals surface area contributed by atoms with Gasteiger partial charge in [0.25, 0.3) is 0 Å². The first-order valence-corrected chi connectivity index (χ1v) is 7.48. The number of carbonyl (C=O) groups is 1. The van der Waals surface area contributed by atoms with Crippen LogP contribution in [-0.2, 0) is 10.3 Å². The van der Waals surface area contributed by atoms with E-state index in [9.17, 15) is 4.79 Å². The Morgan fingerprint density at radius 3 is 2.47 bits per heavy atom. The van der Waals surface area contributed by atoms with Crippen molar-refractivity contribution in [2.24, 2.45) is 11.8 Å². The highest BCUT2D eigenvalue weighted by molar-refractivity contribution is 9.10. The molecule has 1 fully saturated rings. The average Bonchev–Trinajstić information content (AvgIpc) is 2.75. The van der Waals surface area contributed by atoms with Crippen molar-refractivity contribution in [3.05, 3.63) is 34.3 Å². The third-order valence-electron chi connectivity index (χ3n) is 3.86. The van der Waals surface area contributed by atoms with Crippen LogP contribution in [0.5, 0.6) is 0 Å². The summed E-state index contributed by atoms with van der Waals surface area (Å²) >= 11 is 3.43. The molecule has 1 aromatic rings. The van der Waals surface area contributed by atoms with Crippen molar-refractivity contribution in [3.8, 4) is 0 Å². The summed E-state index contributed by atoms with van der Waals surface area (Å²) in [4.78, 5) is 12.4. The number of hydrogen-bond donors (Lipinski definition) is 2. The van der Waals surface area contributed by atoms with Crippen molar-refractivity contribution >= 4 is 21.8 Å². The summed E-state index contributed by atoms with van der Waals surface area (Å²) in [6, 6.07) is 8.09. The number of hydrogen-bond acceptors (Lipinski definition) is 2. The van der Waals surface area contributed by atoms with E-state index >= 15 is 0 Å². The molecule has 3 nitrogen and oxygen atoms in total. The van der Waals surface area contributed by atoms with Gasteiger partial charge in [-0.1, -0.05) is 35.0 Å². The van der Waals surface area contributed by atoms with Crippen molar-refractivity contribution < 1.29 is 4.79 Å².